The van der Waals surface area contributed by atoms with Crippen molar-refractivity contribution in [3.63, 3.8) is 0 Å². The molecule has 0 aliphatic rings. The third-order valence-electron chi connectivity index (χ3n) is 3.27. The fraction of sp³-hybridized carbons (Fsp3) is 0.625. The molecule has 0 amide bonds. The second kappa shape index (κ2) is 8.28. The first-order valence-electron chi connectivity index (χ1n) is 7.02. The number of hydrogen-bond donors (Lipinski definition) is 1. The summed E-state index contributed by atoms with van der Waals surface area (Å²) in [7, 11) is 2.03. The lowest BCUT2D eigenvalue weighted by Crippen LogP contribution is -2.34. The van der Waals surface area contributed by atoms with Crippen molar-refractivity contribution in [2.24, 2.45) is 5.92 Å². The monoisotopic (exact) mass is 249 g/mol. The Bertz CT molecular complexity index is 310. The van der Waals surface area contributed by atoms with Crippen molar-refractivity contribution in [2.75, 3.05) is 13.7 Å². The Labute approximate surface area is 112 Å². The van der Waals surface area contributed by atoms with Gasteiger partial charge < -0.3 is 10.1 Å². The van der Waals surface area contributed by atoms with Gasteiger partial charge in [0.1, 0.15) is 0 Å². The molecule has 0 fully saturated rings. The van der Waals surface area contributed by atoms with Gasteiger partial charge in [0, 0.05) is 12.6 Å². The molecule has 0 aliphatic carbocycles. The molecule has 0 saturated heterocycles. The molecule has 18 heavy (non-hydrogen) atoms. The van der Waals surface area contributed by atoms with Crippen molar-refractivity contribution in [3.8, 4) is 0 Å². The first-order chi connectivity index (χ1) is 8.69. The number of benzene rings is 1. The van der Waals surface area contributed by atoms with Crippen molar-refractivity contribution in [1.82, 2.24) is 5.32 Å². The minimum Gasteiger partial charge on any atom is -0.372 e. The van der Waals surface area contributed by atoms with Crippen LogP contribution in [0.3, 0.4) is 0 Å². The second-order valence-electron chi connectivity index (χ2n) is 5.15. The van der Waals surface area contributed by atoms with E-state index in [9.17, 15) is 0 Å². The summed E-state index contributed by atoms with van der Waals surface area (Å²) in [5.74, 6) is 0.735. The van der Waals surface area contributed by atoms with Gasteiger partial charge in [-0.25, -0.2) is 0 Å². The lowest BCUT2D eigenvalue weighted by Gasteiger charge is -2.27. The van der Waals surface area contributed by atoms with Crippen LogP contribution >= 0.6 is 0 Å². The lowest BCUT2D eigenvalue weighted by atomic mass is 9.95. The van der Waals surface area contributed by atoms with Gasteiger partial charge in [-0.3, -0.25) is 0 Å². The molecule has 0 saturated carbocycles. The first-order valence-corrected chi connectivity index (χ1v) is 7.02. The molecule has 0 bridgehead atoms. The summed E-state index contributed by atoms with van der Waals surface area (Å²) >= 11 is 0. The van der Waals surface area contributed by atoms with Crippen molar-refractivity contribution in [1.29, 1.82) is 0 Å². The minimum atomic E-state index is 0.153. The van der Waals surface area contributed by atoms with Crippen LogP contribution < -0.4 is 5.32 Å². The largest absolute Gasteiger partial charge is 0.372 e. The molecule has 0 spiro atoms. The van der Waals surface area contributed by atoms with E-state index in [1.165, 1.54) is 12.0 Å². The predicted molar refractivity (Wildman–Crippen MR) is 77.7 cm³/mol. The van der Waals surface area contributed by atoms with Crippen LogP contribution in [0.25, 0.3) is 0 Å². The van der Waals surface area contributed by atoms with E-state index < -0.39 is 0 Å². The van der Waals surface area contributed by atoms with Gasteiger partial charge in [0.2, 0.25) is 0 Å². The van der Waals surface area contributed by atoms with Crippen molar-refractivity contribution in [3.05, 3.63) is 35.9 Å². The first kappa shape index (κ1) is 15.2. The van der Waals surface area contributed by atoms with Gasteiger partial charge >= 0.3 is 0 Å². The molecule has 1 aromatic rings. The van der Waals surface area contributed by atoms with Gasteiger partial charge in [-0.15, -0.1) is 0 Å². The number of rotatable bonds is 8. The van der Waals surface area contributed by atoms with Crippen LogP contribution in [0.1, 0.15) is 45.3 Å². The molecule has 2 atom stereocenters. The van der Waals surface area contributed by atoms with Gasteiger partial charge in [-0.2, -0.15) is 0 Å². The average Bonchev–Trinajstić information content (AvgIpc) is 2.39. The Morgan fingerprint density at radius 2 is 1.78 bits per heavy atom. The highest BCUT2D eigenvalue weighted by Gasteiger charge is 2.22. The predicted octanol–water partition coefficient (Wildman–Crippen LogP) is 3.79. The fourth-order valence-corrected chi connectivity index (χ4v) is 2.23. The summed E-state index contributed by atoms with van der Waals surface area (Å²) in [5, 5.41) is 3.42. The van der Waals surface area contributed by atoms with E-state index in [0.29, 0.717) is 6.04 Å². The molecular weight excluding hydrogens is 222 g/mol. The zero-order chi connectivity index (χ0) is 13.4. The Balaban J connectivity index is 2.75. The zero-order valence-electron chi connectivity index (χ0n) is 12.1. The molecule has 0 aromatic heterocycles. The summed E-state index contributed by atoms with van der Waals surface area (Å²) in [6, 6.07) is 10.9. The molecule has 1 N–H and O–H groups in total. The molecule has 2 unspecified atom stereocenters. The Kier molecular flexibility index (Phi) is 6.99. The number of ether oxygens (including phenoxy) is 1. The van der Waals surface area contributed by atoms with Crippen LogP contribution in [0.5, 0.6) is 0 Å². The van der Waals surface area contributed by atoms with E-state index in [0.717, 1.165) is 18.9 Å². The standard InChI is InChI=1S/C16H27NO/c1-5-18-16(14-9-7-6-8-10-14)15(17-4)12-11-13(2)3/h6-10,13,15-17H,5,11-12H2,1-4H3. The Morgan fingerprint density at radius 3 is 2.28 bits per heavy atom. The van der Waals surface area contributed by atoms with Gasteiger partial charge in [0.05, 0.1) is 6.10 Å². The van der Waals surface area contributed by atoms with Crippen LogP contribution in [-0.2, 0) is 4.74 Å². The maximum absolute atomic E-state index is 5.95. The molecule has 0 heterocycles. The fourth-order valence-electron chi connectivity index (χ4n) is 2.23. The zero-order valence-corrected chi connectivity index (χ0v) is 12.1. The molecule has 1 aromatic carbocycles. The van der Waals surface area contributed by atoms with Gasteiger partial charge in [0.15, 0.2) is 0 Å². The van der Waals surface area contributed by atoms with Crippen molar-refractivity contribution in [2.45, 2.75) is 45.8 Å². The van der Waals surface area contributed by atoms with E-state index >= 15 is 0 Å². The second-order valence-corrected chi connectivity index (χ2v) is 5.15. The van der Waals surface area contributed by atoms with Gasteiger partial charge in [-0.05, 0) is 38.3 Å². The Morgan fingerprint density at radius 1 is 1.11 bits per heavy atom. The third-order valence-corrected chi connectivity index (χ3v) is 3.27. The van der Waals surface area contributed by atoms with E-state index in [-0.39, 0.29) is 6.10 Å². The SMILES string of the molecule is CCOC(c1ccccc1)C(CCC(C)C)NC. The summed E-state index contributed by atoms with van der Waals surface area (Å²) in [6.07, 6.45) is 2.52. The molecule has 102 valence electrons. The highest BCUT2D eigenvalue weighted by atomic mass is 16.5. The van der Waals surface area contributed by atoms with E-state index in [1.807, 2.05) is 7.05 Å². The normalized spacial score (nSPS) is 14.7. The smallest absolute Gasteiger partial charge is 0.0977 e. The van der Waals surface area contributed by atoms with Crippen LogP contribution in [0.2, 0.25) is 0 Å². The average molecular weight is 249 g/mol. The summed E-state index contributed by atoms with van der Waals surface area (Å²) in [6.45, 7) is 7.35. The Hall–Kier alpha value is -0.860. The van der Waals surface area contributed by atoms with Crippen molar-refractivity contribution >= 4 is 0 Å². The quantitative estimate of drug-likeness (QED) is 0.757. The summed E-state index contributed by atoms with van der Waals surface area (Å²) in [5.41, 5.74) is 1.27. The third kappa shape index (κ3) is 4.79. The molecule has 1 rings (SSSR count). The summed E-state index contributed by atoms with van der Waals surface area (Å²) < 4.78 is 5.95. The molecule has 0 aliphatic heterocycles. The number of likely N-dealkylation sites (N-methyl/N-ethyl adjacent to an activating group) is 1. The van der Waals surface area contributed by atoms with Crippen LogP contribution in [0, 0.1) is 5.92 Å². The van der Waals surface area contributed by atoms with E-state index in [2.05, 4.69) is 56.4 Å². The van der Waals surface area contributed by atoms with Crippen LogP contribution in [0.4, 0.5) is 0 Å². The molecule has 0 radical (unpaired) electrons. The molecule has 2 nitrogen and oxygen atoms in total. The highest BCUT2D eigenvalue weighted by molar-refractivity contribution is 5.19. The van der Waals surface area contributed by atoms with Crippen molar-refractivity contribution < 1.29 is 4.74 Å². The van der Waals surface area contributed by atoms with Crippen LogP contribution in [-0.4, -0.2) is 19.7 Å². The van der Waals surface area contributed by atoms with Gasteiger partial charge in [0.25, 0.3) is 0 Å². The molecular formula is C16H27NO. The summed E-state index contributed by atoms with van der Waals surface area (Å²) in [4.78, 5) is 0. The van der Waals surface area contributed by atoms with Gasteiger partial charge in [-0.1, -0.05) is 44.2 Å². The van der Waals surface area contributed by atoms with Crippen LogP contribution in [0.15, 0.2) is 30.3 Å². The maximum atomic E-state index is 5.95. The minimum absolute atomic E-state index is 0.153. The highest BCUT2D eigenvalue weighted by Crippen LogP contribution is 2.25. The van der Waals surface area contributed by atoms with E-state index in [1.54, 1.807) is 0 Å². The lowest BCUT2D eigenvalue weighted by molar-refractivity contribution is 0.0316. The topological polar surface area (TPSA) is 21.3 Å². The molecule has 2 heteroatoms. The number of nitrogens with one attached hydrogen (secondary N) is 1. The van der Waals surface area contributed by atoms with E-state index in [4.69, 9.17) is 4.74 Å². The maximum Gasteiger partial charge on any atom is 0.0977 e. The number of hydrogen-bond acceptors (Lipinski definition) is 2.